The second-order valence-corrected chi connectivity index (χ2v) is 7.95. The van der Waals surface area contributed by atoms with Crippen molar-refractivity contribution in [1.82, 2.24) is 19.8 Å². The number of amides is 1. The van der Waals surface area contributed by atoms with Gasteiger partial charge in [0.25, 0.3) is 5.91 Å². The minimum atomic E-state index is -2.36. The number of aromatic nitrogens is 2. The second kappa shape index (κ2) is 8.59. The number of fused-ring (bicyclic) bond motifs is 2. The number of hydrogen-bond acceptors (Lipinski definition) is 4. The Kier molecular flexibility index (Phi) is 5.91. The maximum absolute atomic E-state index is 12.9. The molecule has 2 aliphatic heterocycles. The summed E-state index contributed by atoms with van der Waals surface area (Å²) in [5.74, 6) is -0.410. The molecule has 0 bridgehead atoms. The molecule has 29 heavy (non-hydrogen) atoms. The average Bonchev–Trinajstić information content (AvgIpc) is 3.15. The molecule has 1 aromatic heterocycles. The lowest BCUT2D eigenvalue weighted by molar-refractivity contribution is 0.0560. The first kappa shape index (κ1) is 20.0. The highest BCUT2D eigenvalue weighted by Crippen LogP contribution is 2.25. The number of aliphatic hydroxyl groups excluding tert-OH is 1. The maximum atomic E-state index is 12.9. The zero-order chi connectivity index (χ0) is 20.4. The molecule has 6 nitrogen and oxygen atoms in total. The Morgan fingerprint density at radius 3 is 2.86 bits per heavy atom. The molecule has 1 aromatic carbocycles. The van der Waals surface area contributed by atoms with Crippen molar-refractivity contribution in [3.8, 4) is 0 Å². The first-order valence-electron chi connectivity index (χ1n) is 10.1. The fourth-order valence-corrected chi connectivity index (χ4v) is 4.16. The van der Waals surface area contributed by atoms with Gasteiger partial charge in [0.15, 0.2) is 0 Å². The summed E-state index contributed by atoms with van der Waals surface area (Å²) in [6, 6.07) is 8.30. The Balaban J connectivity index is 1.27. The van der Waals surface area contributed by atoms with E-state index in [9.17, 15) is 18.7 Å². The smallest absolute Gasteiger partial charge is 0.271 e. The molecule has 0 spiro atoms. The Morgan fingerprint density at radius 1 is 1.28 bits per heavy atom. The van der Waals surface area contributed by atoms with Gasteiger partial charge in [0.1, 0.15) is 11.5 Å². The quantitative estimate of drug-likeness (QED) is 0.771. The SMILES string of the molecule is O=C(NCC(O)CN1CCc2ccccc2C1)c1cn2c(n1)CCC(C(F)F)C2. The Hall–Kier alpha value is -2.32. The van der Waals surface area contributed by atoms with E-state index in [2.05, 4.69) is 27.3 Å². The number of carbonyl (C=O) groups is 1. The zero-order valence-corrected chi connectivity index (χ0v) is 16.2. The normalized spacial score (nSPS) is 20.2. The minimum absolute atomic E-state index is 0.124. The summed E-state index contributed by atoms with van der Waals surface area (Å²) in [4.78, 5) is 18.8. The van der Waals surface area contributed by atoms with Crippen LogP contribution in [0.5, 0.6) is 0 Å². The van der Waals surface area contributed by atoms with Gasteiger partial charge in [0.2, 0.25) is 6.43 Å². The van der Waals surface area contributed by atoms with E-state index in [4.69, 9.17) is 0 Å². The molecule has 4 rings (SSSR count). The third-order valence-corrected chi connectivity index (χ3v) is 5.79. The van der Waals surface area contributed by atoms with Crippen LogP contribution in [0.15, 0.2) is 30.5 Å². The summed E-state index contributed by atoms with van der Waals surface area (Å²) in [7, 11) is 0. The topological polar surface area (TPSA) is 70.4 Å². The first-order chi connectivity index (χ1) is 14.0. The lowest BCUT2D eigenvalue weighted by atomic mass is 10.00. The van der Waals surface area contributed by atoms with Gasteiger partial charge in [-0.3, -0.25) is 9.69 Å². The third-order valence-electron chi connectivity index (χ3n) is 5.79. The van der Waals surface area contributed by atoms with Crippen LogP contribution in [0, 0.1) is 5.92 Å². The lowest BCUT2D eigenvalue weighted by Crippen LogP contribution is -2.42. The molecule has 2 aromatic rings. The molecule has 156 valence electrons. The first-order valence-corrected chi connectivity index (χ1v) is 10.1. The highest BCUT2D eigenvalue weighted by atomic mass is 19.3. The maximum Gasteiger partial charge on any atom is 0.271 e. The van der Waals surface area contributed by atoms with Gasteiger partial charge in [0.05, 0.1) is 6.10 Å². The van der Waals surface area contributed by atoms with Crippen LogP contribution >= 0.6 is 0 Å². The molecule has 0 aliphatic carbocycles. The number of aliphatic hydroxyl groups is 1. The van der Waals surface area contributed by atoms with Gasteiger partial charge in [-0.15, -0.1) is 0 Å². The summed E-state index contributed by atoms with van der Waals surface area (Å²) < 4.78 is 27.5. The van der Waals surface area contributed by atoms with Gasteiger partial charge in [0, 0.05) is 51.3 Å². The molecule has 0 radical (unpaired) electrons. The van der Waals surface area contributed by atoms with Gasteiger partial charge < -0.3 is 15.0 Å². The number of imidazole rings is 1. The van der Waals surface area contributed by atoms with Crippen LogP contribution in [0.4, 0.5) is 8.78 Å². The number of carbonyl (C=O) groups excluding carboxylic acids is 1. The van der Waals surface area contributed by atoms with Crippen molar-refractivity contribution in [3.05, 3.63) is 53.1 Å². The van der Waals surface area contributed by atoms with E-state index in [1.807, 2.05) is 12.1 Å². The molecule has 0 saturated carbocycles. The van der Waals surface area contributed by atoms with Gasteiger partial charge in [-0.2, -0.15) is 0 Å². The van der Waals surface area contributed by atoms with Crippen molar-refractivity contribution in [3.63, 3.8) is 0 Å². The van der Waals surface area contributed by atoms with E-state index in [1.54, 1.807) is 4.57 Å². The van der Waals surface area contributed by atoms with Crippen molar-refractivity contribution in [1.29, 1.82) is 0 Å². The number of rotatable bonds is 6. The molecule has 8 heteroatoms. The van der Waals surface area contributed by atoms with Crippen LogP contribution in [-0.4, -0.2) is 57.6 Å². The van der Waals surface area contributed by atoms with Gasteiger partial charge in [-0.1, -0.05) is 24.3 Å². The predicted octanol–water partition coefficient (Wildman–Crippen LogP) is 1.86. The number of aryl methyl sites for hydroxylation is 1. The largest absolute Gasteiger partial charge is 0.390 e. The summed E-state index contributed by atoms with van der Waals surface area (Å²) in [6.07, 6.45) is 0.265. The zero-order valence-electron chi connectivity index (χ0n) is 16.2. The molecule has 3 heterocycles. The van der Waals surface area contributed by atoms with Gasteiger partial charge >= 0.3 is 0 Å². The highest BCUT2D eigenvalue weighted by molar-refractivity contribution is 5.92. The molecule has 2 N–H and O–H groups in total. The summed E-state index contributed by atoms with van der Waals surface area (Å²) >= 11 is 0. The monoisotopic (exact) mass is 404 g/mol. The molecule has 2 atom stereocenters. The number of β-amino-alcohol motifs (C(OH)–C–C–N with tert-alkyl or cyclic N) is 1. The van der Waals surface area contributed by atoms with Gasteiger partial charge in [-0.05, 0) is 24.0 Å². The van der Waals surface area contributed by atoms with Crippen LogP contribution in [0.25, 0.3) is 0 Å². The van der Waals surface area contributed by atoms with E-state index in [1.165, 1.54) is 17.3 Å². The number of alkyl halides is 2. The van der Waals surface area contributed by atoms with E-state index in [0.29, 0.717) is 25.2 Å². The van der Waals surface area contributed by atoms with Crippen LogP contribution in [-0.2, 0) is 25.9 Å². The summed E-state index contributed by atoms with van der Waals surface area (Å²) in [6.45, 7) is 2.46. The Bertz CT molecular complexity index is 870. The fourth-order valence-electron chi connectivity index (χ4n) is 4.16. The molecule has 0 saturated heterocycles. The van der Waals surface area contributed by atoms with Crippen LogP contribution in [0.3, 0.4) is 0 Å². The van der Waals surface area contributed by atoms with Crippen molar-refractivity contribution in [2.24, 2.45) is 5.92 Å². The Labute approximate surface area is 168 Å². The van der Waals surface area contributed by atoms with Crippen molar-refractivity contribution in [2.75, 3.05) is 19.6 Å². The summed E-state index contributed by atoms with van der Waals surface area (Å²) in [5, 5.41) is 13.0. The van der Waals surface area contributed by atoms with Crippen molar-refractivity contribution >= 4 is 5.91 Å². The van der Waals surface area contributed by atoms with E-state index < -0.39 is 18.4 Å². The number of nitrogens with one attached hydrogen (secondary N) is 1. The summed E-state index contributed by atoms with van der Waals surface area (Å²) in [5.41, 5.74) is 2.85. The minimum Gasteiger partial charge on any atom is -0.390 e. The molecule has 2 unspecified atom stereocenters. The van der Waals surface area contributed by atoms with E-state index in [-0.39, 0.29) is 24.7 Å². The van der Waals surface area contributed by atoms with Crippen LogP contribution < -0.4 is 5.32 Å². The van der Waals surface area contributed by atoms with E-state index in [0.717, 1.165) is 19.5 Å². The molecular weight excluding hydrogens is 378 g/mol. The molecule has 1 amide bonds. The second-order valence-electron chi connectivity index (χ2n) is 7.95. The number of benzene rings is 1. The number of hydrogen-bond donors (Lipinski definition) is 2. The fraction of sp³-hybridized carbons (Fsp3) is 0.524. The molecular formula is C21H26F2N4O2. The van der Waals surface area contributed by atoms with E-state index >= 15 is 0 Å². The molecule has 2 aliphatic rings. The average molecular weight is 404 g/mol. The molecule has 0 fully saturated rings. The lowest BCUT2D eigenvalue weighted by Gasteiger charge is -2.30. The number of nitrogens with zero attached hydrogens (tertiary/aromatic N) is 3. The third kappa shape index (κ3) is 4.64. The van der Waals surface area contributed by atoms with Gasteiger partial charge in [-0.25, -0.2) is 13.8 Å². The number of halogens is 2. The van der Waals surface area contributed by atoms with Crippen LogP contribution in [0.2, 0.25) is 0 Å². The highest BCUT2D eigenvalue weighted by Gasteiger charge is 2.28. The predicted molar refractivity (Wildman–Crippen MR) is 104 cm³/mol. The Morgan fingerprint density at radius 2 is 2.07 bits per heavy atom. The van der Waals surface area contributed by atoms with Crippen LogP contribution in [0.1, 0.15) is 33.9 Å². The standard InChI is InChI=1S/C21H26F2N4O2/c22-20(23)16-5-6-19-25-18(13-27(19)11-16)21(29)24-9-17(28)12-26-8-7-14-3-1-2-4-15(14)10-26/h1-4,13,16-17,20,28H,5-12H2,(H,24,29). The van der Waals surface area contributed by atoms with Crippen molar-refractivity contribution < 1.29 is 18.7 Å². The van der Waals surface area contributed by atoms with Crippen molar-refractivity contribution in [2.45, 2.75) is 44.9 Å².